The van der Waals surface area contributed by atoms with Crippen molar-refractivity contribution >= 4 is 21.6 Å². The third-order valence-electron chi connectivity index (χ3n) is 5.53. The minimum Gasteiger partial charge on any atom is -0.496 e. The predicted molar refractivity (Wildman–Crippen MR) is 135 cm³/mol. The molecule has 3 aromatic rings. The van der Waals surface area contributed by atoms with E-state index in [1.165, 1.54) is 32.4 Å². The van der Waals surface area contributed by atoms with Gasteiger partial charge in [-0.1, -0.05) is 35.9 Å². The van der Waals surface area contributed by atoms with Crippen molar-refractivity contribution in [3.8, 4) is 17.2 Å². The molecule has 0 saturated heterocycles. The van der Waals surface area contributed by atoms with Crippen molar-refractivity contribution < 1.29 is 27.4 Å². The molecule has 1 amide bonds. The Hall–Kier alpha value is -3.72. The van der Waals surface area contributed by atoms with Crippen molar-refractivity contribution in [1.29, 1.82) is 0 Å². The number of carbonyl (C=O) groups excluding carboxylic acids is 1. The Kier molecular flexibility index (Phi) is 8.24. The molecule has 8 nitrogen and oxygen atoms in total. The number of carbonyl (C=O) groups is 1. The molecule has 0 aromatic heterocycles. The summed E-state index contributed by atoms with van der Waals surface area (Å²) in [6.07, 6.45) is 0. The lowest BCUT2D eigenvalue weighted by Gasteiger charge is -2.26. The van der Waals surface area contributed by atoms with E-state index in [2.05, 4.69) is 5.32 Å². The van der Waals surface area contributed by atoms with Crippen LogP contribution in [0.25, 0.3) is 0 Å². The molecule has 1 N–H and O–H groups in total. The van der Waals surface area contributed by atoms with Gasteiger partial charge in [-0.15, -0.1) is 0 Å². The fourth-order valence-electron chi connectivity index (χ4n) is 3.65. The highest BCUT2D eigenvalue weighted by Crippen LogP contribution is 2.34. The molecule has 0 spiro atoms. The number of methoxy groups -OCH3 is 3. The first-order chi connectivity index (χ1) is 16.7. The van der Waals surface area contributed by atoms with Crippen LogP contribution in [0.5, 0.6) is 17.2 Å². The average Bonchev–Trinajstić information content (AvgIpc) is 2.86. The number of anilines is 1. The van der Waals surface area contributed by atoms with Crippen LogP contribution < -0.4 is 23.8 Å². The van der Waals surface area contributed by atoms with E-state index in [4.69, 9.17) is 14.2 Å². The molecule has 0 saturated carbocycles. The zero-order valence-electron chi connectivity index (χ0n) is 20.4. The molecule has 0 heterocycles. The molecule has 3 aromatic carbocycles. The zero-order chi connectivity index (χ0) is 25.6. The molecule has 0 aliphatic rings. The number of rotatable bonds is 10. The molecular weight excluding hydrogens is 468 g/mol. The van der Waals surface area contributed by atoms with Crippen LogP contribution in [0.1, 0.15) is 24.1 Å². The highest BCUT2D eigenvalue weighted by Gasteiger charge is 2.29. The van der Waals surface area contributed by atoms with Crippen molar-refractivity contribution in [1.82, 2.24) is 5.32 Å². The lowest BCUT2D eigenvalue weighted by molar-refractivity contribution is -0.120. The van der Waals surface area contributed by atoms with Crippen LogP contribution in [0.3, 0.4) is 0 Å². The number of para-hydroxylation sites is 1. The van der Waals surface area contributed by atoms with Crippen molar-refractivity contribution in [2.24, 2.45) is 0 Å². The molecule has 35 heavy (non-hydrogen) atoms. The van der Waals surface area contributed by atoms with E-state index in [-0.39, 0.29) is 10.6 Å². The van der Waals surface area contributed by atoms with Gasteiger partial charge in [-0.3, -0.25) is 9.10 Å². The molecule has 3 rings (SSSR count). The first kappa shape index (κ1) is 25.9. The van der Waals surface area contributed by atoms with E-state index in [0.29, 0.717) is 17.2 Å². The smallest absolute Gasteiger partial charge is 0.264 e. The van der Waals surface area contributed by atoms with Gasteiger partial charge in [-0.2, -0.15) is 0 Å². The standard InChI is InChI=1S/C26H30N2O6S/c1-18-10-13-21(14-11-18)35(30,31)28(20-12-15-24(33-4)25(16-20)34-5)17-26(29)27-19(2)22-8-6-7-9-23(22)32-3/h6-16,19H,17H2,1-5H3,(H,27,29). The summed E-state index contributed by atoms with van der Waals surface area (Å²) in [5.41, 5.74) is 1.97. The Morgan fingerprint density at radius 1 is 0.886 bits per heavy atom. The van der Waals surface area contributed by atoms with Crippen molar-refractivity contribution in [3.63, 3.8) is 0 Å². The maximum Gasteiger partial charge on any atom is 0.264 e. The molecule has 0 radical (unpaired) electrons. The number of aryl methyl sites for hydroxylation is 1. The Balaban J connectivity index is 1.97. The van der Waals surface area contributed by atoms with Gasteiger partial charge >= 0.3 is 0 Å². The number of sulfonamides is 1. The van der Waals surface area contributed by atoms with E-state index < -0.39 is 28.5 Å². The molecule has 1 unspecified atom stereocenters. The number of hydrogen-bond donors (Lipinski definition) is 1. The van der Waals surface area contributed by atoms with Crippen LogP contribution in [-0.2, 0) is 14.8 Å². The summed E-state index contributed by atoms with van der Waals surface area (Å²) in [7, 11) is 0.435. The summed E-state index contributed by atoms with van der Waals surface area (Å²) < 4.78 is 44.4. The molecule has 0 fully saturated rings. The first-order valence-corrected chi connectivity index (χ1v) is 12.4. The van der Waals surface area contributed by atoms with Crippen LogP contribution in [0.4, 0.5) is 5.69 Å². The van der Waals surface area contributed by atoms with Crippen molar-refractivity contribution in [3.05, 3.63) is 77.9 Å². The maximum absolute atomic E-state index is 13.6. The van der Waals surface area contributed by atoms with E-state index in [1.54, 1.807) is 37.4 Å². The predicted octanol–water partition coefficient (Wildman–Crippen LogP) is 4.09. The Labute approximate surface area is 206 Å². The number of hydrogen-bond acceptors (Lipinski definition) is 6. The van der Waals surface area contributed by atoms with Crippen LogP contribution in [0.2, 0.25) is 0 Å². The normalized spacial score (nSPS) is 11.9. The number of benzene rings is 3. The second kappa shape index (κ2) is 11.1. The number of nitrogens with one attached hydrogen (secondary N) is 1. The third kappa shape index (κ3) is 5.86. The van der Waals surface area contributed by atoms with Gasteiger partial charge in [0.2, 0.25) is 5.91 Å². The van der Waals surface area contributed by atoms with E-state index in [1.807, 2.05) is 32.0 Å². The number of nitrogens with zero attached hydrogens (tertiary/aromatic N) is 1. The maximum atomic E-state index is 13.6. The van der Waals surface area contributed by atoms with Gasteiger partial charge in [-0.05, 0) is 44.2 Å². The Morgan fingerprint density at radius 3 is 2.14 bits per heavy atom. The molecular formula is C26H30N2O6S. The lowest BCUT2D eigenvalue weighted by Crippen LogP contribution is -2.41. The van der Waals surface area contributed by atoms with Crippen LogP contribution in [-0.4, -0.2) is 42.2 Å². The lowest BCUT2D eigenvalue weighted by atomic mass is 10.1. The van der Waals surface area contributed by atoms with Crippen LogP contribution in [0.15, 0.2) is 71.6 Å². The van der Waals surface area contributed by atoms with Crippen molar-refractivity contribution in [2.45, 2.75) is 24.8 Å². The SMILES string of the molecule is COc1ccc(N(CC(=O)NC(C)c2ccccc2OC)S(=O)(=O)c2ccc(C)cc2)cc1OC. The molecule has 0 aliphatic carbocycles. The fourth-order valence-corrected chi connectivity index (χ4v) is 5.06. The largest absolute Gasteiger partial charge is 0.496 e. The van der Waals surface area contributed by atoms with Gasteiger partial charge in [0.1, 0.15) is 12.3 Å². The van der Waals surface area contributed by atoms with E-state index in [0.717, 1.165) is 15.4 Å². The molecule has 1 atom stereocenters. The summed E-state index contributed by atoms with van der Waals surface area (Å²) in [6, 6.07) is 18.1. The van der Waals surface area contributed by atoms with Gasteiger partial charge in [-0.25, -0.2) is 8.42 Å². The highest BCUT2D eigenvalue weighted by atomic mass is 32.2. The second-order valence-electron chi connectivity index (χ2n) is 7.90. The number of ether oxygens (including phenoxy) is 3. The van der Waals surface area contributed by atoms with Gasteiger partial charge in [0.25, 0.3) is 10.0 Å². The topological polar surface area (TPSA) is 94.2 Å². The van der Waals surface area contributed by atoms with Gasteiger partial charge in [0, 0.05) is 11.6 Å². The molecule has 9 heteroatoms. The Bertz CT molecular complexity index is 1280. The average molecular weight is 499 g/mol. The van der Waals surface area contributed by atoms with Crippen LogP contribution in [0, 0.1) is 6.92 Å². The van der Waals surface area contributed by atoms with Crippen LogP contribution >= 0.6 is 0 Å². The quantitative estimate of drug-likeness (QED) is 0.452. The molecule has 186 valence electrons. The van der Waals surface area contributed by atoms with Gasteiger partial charge in [0.15, 0.2) is 11.5 Å². The monoisotopic (exact) mass is 498 g/mol. The van der Waals surface area contributed by atoms with E-state index >= 15 is 0 Å². The fraction of sp³-hybridized carbons (Fsp3) is 0.269. The van der Waals surface area contributed by atoms with Gasteiger partial charge in [0.05, 0.1) is 38.0 Å². The summed E-state index contributed by atoms with van der Waals surface area (Å²) in [6.45, 7) is 3.24. The van der Waals surface area contributed by atoms with E-state index in [9.17, 15) is 13.2 Å². The number of amides is 1. The first-order valence-electron chi connectivity index (χ1n) is 10.9. The minimum atomic E-state index is -4.07. The summed E-state index contributed by atoms with van der Waals surface area (Å²) >= 11 is 0. The summed E-state index contributed by atoms with van der Waals surface area (Å²) in [5.74, 6) is 0.938. The summed E-state index contributed by atoms with van der Waals surface area (Å²) in [4.78, 5) is 13.2. The Morgan fingerprint density at radius 2 is 1.51 bits per heavy atom. The highest BCUT2D eigenvalue weighted by molar-refractivity contribution is 7.92. The molecule has 0 bridgehead atoms. The minimum absolute atomic E-state index is 0.0726. The van der Waals surface area contributed by atoms with Gasteiger partial charge < -0.3 is 19.5 Å². The zero-order valence-corrected chi connectivity index (χ0v) is 21.3. The van der Waals surface area contributed by atoms with Crippen molar-refractivity contribution in [2.75, 3.05) is 32.2 Å². The molecule has 0 aliphatic heterocycles. The second-order valence-corrected chi connectivity index (χ2v) is 9.76. The summed E-state index contributed by atoms with van der Waals surface area (Å²) in [5, 5.41) is 2.87. The third-order valence-corrected chi connectivity index (χ3v) is 7.32.